The van der Waals surface area contributed by atoms with Gasteiger partial charge in [0.25, 0.3) is 0 Å². The quantitative estimate of drug-likeness (QED) is 0.763. The number of hydrogen-bond acceptors (Lipinski definition) is 3. The summed E-state index contributed by atoms with van der Waals surface area (Å²) in [5.41, 5.74) is 2.05. The van der Waals surface area contributed by atoms with Gasteiger partial charge < -0.3 is 9.72 Å². The Labute approximate surface area is 177 Å². The van der Waals surface area contributed by atoms with E-state index in [1.807, 2.05) is 22.8 Å². The lowest BCUT2D eigenvalue weighted by molar-refractivity contribution is -0.0273. The summed E-state index contributed by atoms with van der Waals surface area (Å²) in [6.45, 7) is 7.41. The van der Waals surface area contributed by atoms with Gasteiger partial charge in [-0.1, -0.05) is 11.6 Å². The highest BCUT2D eigenvalue weighted by atomic mass is 35.5. The summed E-state index contributed by atoms with van der Waals surface area (Å²) in [4.78, 5) is 18.1. The third-order valence-electron chi connectivity index (χ3n) is 6.68. The van der Waals surface area contributed by atoms with Crippen molar-refractivity contribution in [3.05, 3.63) is 33.7 Å². The normalized spacial score (nSPS) is 27.0. The zero-order chi connectivity index (χ0) is 19.0. The smallest absolute Gasteiger partial charge is 0.326 e. The number of benzene rings is 1. The van der Waals surface area contributed by atoms with Crippen LogP contribution in [0.2, 0.25) is 5.02 Å². The maximum absolute atomic E-state index is 12.5. The first-order chi connectivity index (χ1) is 13.0. The number of halogens is 2. The van der Waals surface area contributed by atoms with Crippen molar-refractivity contribution in [3.8, 4) is 0 Å². The Morgan fingerprint density at radius 3 is 2.54 bits per heavy atom. The van der Waals surface area contributed by atoms with Gasteiger partial charge in [-0.2, -0.15) is 0 Å². The molecule has 1 aliphatic carbocycles. The van der Waals surface area contributed by atoms with Gasteiger partial charge in [0, 0.05) is 36.3 Å². The summed E-state index contributed by atoms with van der Waals surface area (Å²) < 4.78 is 7.76. The molecule has 0 amide bonds. The van der Waals surface area contributed by atoms with Crippen molar-refractivity contribution in [1.82, 2.24) is 14.5 Å². The van der Waals surface area contributed by atoms with Gasteiger partial charge in [-0.15, -0.1) is 12.4 Å². The molecule has 2 aliphatic rings. The lowest BCUT2D eigenvalue weighted by atomic mass is 9.79. The number of aromatic nitrogens is 2. The first-order valence-corrected chi connectivity index (χ1v) is 10.6. The highest BCUT2D eigenvalue weighted by Crippen LogP contribution is 2.38. The Bertz CT molecular complexity index is 847. The molecule has 2 aromatic rings. The molecule has 1 aromatic heterocycles. The predicted octanol–water partition coefficient (Wildman–Crippen LogP) is 4.78. The maximum atomic E-state index is 12.5. The fraction of sp³-hybridized carbons (Fsp3) is 0.667. The number of aromatic amines is 1. The number of fused-ring (bicyclic) bond motifs is 1. The van der Waals surface area contributed by atoms with E-state index >= 15 is 0 Å². The van der Waals surface area contributed by atoms with E-state index in [4.69, 9.17) is 16.3 Å². The summed E-state index contributed by atoms with van der Waals surface area (Å²) in [5, 5.41) is 0.654. The van der Waals surface area contributed by atoms with E-state index in [-0.39, 0.29) is 29.7 Å². The molecule has 7 heteroatoms. The molecule has 1 saturated heterocycles. The van der Waals surface area contributed by atoms with Gasteiger partial charge in [-0.3, -0.25) is 9.47 Å². The molecular weight excluding hydrogens is 397 g/mol. The molecule has 0 spiro atoms. The first kappa shape index (κ1) is 21.7. The lowest BCUT2D eigenvalue weighted by Gasteiger charge is -2.48. The van der Waals surface area contributed by atoms with Crippen LogP contribution in [-0.4, -0.2) is 45.8 Å². The van der Waals surface area contributed by atoms with Gasteiger partial charge in [0.1, 0.15) is 0 Å². The maximum Gasteiger partial charge on any atom is 0.326 e. The number of ether oxygens (including phenoxy) is 1. The molecule has 4 rings (SSSR count). The van der Waals surface area contributed by atoms with E-state index in [1.165, 1.54) is 12.8 Å². The number of likely N-dealkylation sites (tertiary alicyclic amines) is 1. The molecule has 1 aliphatic heterocycles. The van der Waals surface area contributed by atoms with Crippen LogP contribution in [0.1, 0.15) is 58.4 Å². The van der Waals surface area contributed by atoms with Crippen LogP contribution in [0.15, 0.2) is 23.0 Å². The predicted molar refractivity (Wildman–Crippen MR) is 117 cm³/mol. The molecule has 1 saturated carbocycles. The van der Waals surface area contributed by atoms with Crippen LogP contribution in [-0.2, 0) is 4.74 Å². The zero-order valence-corrected chi connectivity index (χ0v) is 18.3. The number of H-pyrrole nitrogens is 1. The van der Waals surface area contributed by atoms with Crippen molar-refractivity contribution >= 4 is 35.0 Å². The van der Waals surface area contributed by atoms with Crippen molar-refractivity contribution in [2.45, 2.75) is 70.1 Å². The van der Waals surface area contributed by atoms with E-state index in [0.717, 1.165) is 56.4 Å². The zero-order valence-electron chi connectivity index (χ0n) is 16.7. The number of piperidine rings is 1. The second-order valence-corrected chi connectivity index (χ2v) is 8.77. The molecule has 28 heavy (non-hydrogen) atoms. The molecule has 0 radical (unpaired) electrons. The third-order valence-corrected chi connectivity index (χ3v) is 6.92. The highest BCUT2D eigenvalue weighted by Gasteiger charge is 2.38. The van der Waals surface area contributed by atoms with Crippen molar-refractivity contribution in [1.29, 1.82) is 0 Å². The standard InChI is InChI=1S/C21H30ClN3O2.ClH/c1-3-27-17-6-10-21(2,11-7-17)24-12-8-16(9-13-24)25-19-5-4-15(22)14-18(19)23-20(25)26;/h4-5,14,16-17H,3,6-13H2,1-2H3,(H,23,26);1H/t17-,21-;. The molecule has 2 heterocycles. The largest absolute Gasteiger partial charge is 0.379 e. The molecule has 5 nitrogen and oxygen atoms in total. The molecular formula is C21H31Cl2N3O2. The third kappa shape index (κ3) is 4.13. The molecule has 156 valence electrons. The Balaban J connectivity index is 0.00000225. The summed E-state index contributed by atoms with van der Waals surface area (Å²) >= 11 is 6.07. The average Bonchev–Trinajstić information content (AvgIpc) is 2.99. The van der Waals surface area contributed by atoms with E-state index in [2.05, 4.69) is 23.7 Å². The summed E-state index contributed by atoms with van der Waals surface area (Å²) in [5.74, 6) is 0. The van der Waals surface area contributed by atoms with Crippen molar-refractivity contribution in [2.24, 2.45) is 0 Å². The monoisotopic (exact) mass is 427 g/mol. The van der Waals surface area contributed by atoms with Crippen molar-refractivity contribution in [3.63, 3.8) is 0 Å². The highest BCUT2D eigenvalue weighted by molar-refractivity contribution is 6.31. The van der Waals surface area contributed by atoms with Crippen LogP contribution in [0.4, 0.5) is 0 Å². The van der Waals surface area contributed by atoms with Crippen LogP contribution in [0, 0.1) is 0 Å². The average molecular weight is 428 g/mol. The van der Waals surface area contributed by atoms with Crippen LogP contribution in [0.5, 0.6) is 0 Å². The van der Waals surface area contributed by atoms with Gasteiger partial charge in [0.15, 0.2) is 0 Å². The number of rotatable bonds is 4. The van der Waals surface area contributed by atoms with Gasteiger partial charge in [-0.05, 0) is 70.6 Å². The first-order valence-electron chi connectivity index (χ1n) is 10.3. The molecule has 0 atom stereocenters. The fourth-order valence-electron chi connectivity index (χ4n) is 5.06. The van der Waals surface area contributed by atoms with Gasteiger partial charge in [0.05, 0.1) is 17.1 Å². The summed E-state index contributed by atoms with van der Waals surface area (Å²) in [7, 11) is 0. The van der Waals surface area contributed by atoms with Gasteiger partial charge in [-0.25, -0.2) is 4.79 Å². The van der Waals surface area contributed by atoms with Crippen LogP contribution in [0.25, 0.3) is 11.0 Å². The van der Waals surface area contributed by atoms with E-state index < -0.39 is 0 Å². The fourth-order valence-corrected chi connectivity index (χ4v) is 5.23. The van der Waals surface area contributed by atoms with Crippen LogP contribution >= 0.6 is 24.0 Å². The van der Waals surface area contributed by atoms with Gasteiger partial charge in [0.2, 0.25) is 0 Å². The molecule has 2 fully saturated rings. The number of imidazole rings is 1. The molecule has 1 aromatic carbocycles. The minimum Gasteiger partial charge on any atom is -0.379 e. The summed E-state index contributed by atoms with van der Waals surface area (Å²) in [6.07, 6.45) is 7.19. The second-order valence-electron chi connectivity index (χ2n) is 8.33. The Hall–Kier alpha value is -1.01. The topological polar surface area (TPSA) is 50.3 Å². The SMILES string of the molecule is CCO[C@H]1CC[C@](C)(N2CCC(n3c(=O)[nH]c4cc(Cl)ccc43)CC2)CC1.Cl. The minimum absolute atomic E-state index is 0. The minimum atomic E-state index is -0.0193. The van der Waals surface area contributed by atoms with Gasteiger partial charge >= 0.3 is 5.69 Å². The Morgan fingerprint density at radius 1 is 1.21 bits per heavy atom. The number of hydrogen-bond donors (Lipinski definition) is 1. The molecule has 0 unspecified atom stereocenters. The van der Waals surface area contributed by atoms with E-state index in [0.29, 0.717) is 11.1 Å². The van der Waals surface area contributed by atoms with Crippen molar-refractivity contribution < 1.29 is 4.74 Å². The molecule has 0 bridgehead atoms. The van der Waals surface area contributed by atoms with E-state index in [9.17, 15) is 4.79 Å². The van der Waals surface area contributed by atoms with Crippen molar-refractivity contribution in [2.75, 3.05) is 19.7 Å². The summed E-state index contributed by atoms with van der Waals surface area (Å²) in [6, 6.07) is 5.91. The van der Waals surface area contributed by atoms with E-state index in [1.54, 1.807) is 0 Å². The Kier molecular flexibility index (Phi) is 6.80. The lowest BCUT2D eigenvalue weighted by Crippen LogP contribution is -2.53. The van der Waals surface area contributed by atoms with Crippen LogP contribution < -0.4 is 5.69 Å². The molecule has 1 N–H and O–H groups in total. The second kappa shape index (κ2) is 8.78. The Morgan fingerprint density at radius 2 is 1.89 bits per heavy atom. The number of nitrogens with zero attached hydrogens (tertiary/aromatic N) is 2. The van der Waals surface area contributed by atoms with Crippen LogP contribution in [0.3, 0.4) is 0 Å². The number of nitrogens with one attached hydrogen (secondary N) is 1.